The molecule has 0 aliphatic heterocycles. The molecule has 1 heterocycles. The van der Waals surface area contributed by atoms with Crippen molar-refractivity contribution in [3.8, 4) is 0 Å². The number of halogens is 1. The Morgan fingerprint density at radius 3 is 2.74 bits per heavy atom. The molecule has 0 saturated carbocycles. The molecule has 1 atom stereocenters. The van der Waals surface area contributed by atoms with Gasteiger partial charge >= 0.3 is 0 Å². The lowest BCUT2D eigenvalue weighted by molar-refractivity contribution is -0.122. The molecule has 0 aliphatic carbocycles. The molecule has 0 bridgehead atoms. The van der Waals surface area contributed by atoms with Gasteiger partial charge in [0.15, 0.2) is 0 Å². The van der Waals surface area contributed by atoms with Crippen LogP contribution in [-0.2, 0) is 11.2 Å². The van der Waals surface area contributed by atoms with Crippen LogP contribution in [0.3, 0.4) is 0 Å². The predicted molar refractivity (Wildman–Crippen MR) is 86.5 cm³/mol. The number of hydrogen-bond acceptors (Lipinski definition) is 5. The number of aromatic nitrogens is 1. The summed E-state index contributed by atoms with van der Waals surface area (Å²) in [6.45, 7) is 4.68. The van der Waals surface area contributed by atoms with Crippen molar-refractivity contribution in [2.24, 2.45) is 5.73 Å². The van der Waals surface area contributed by atoms with Crippen LogP contribution in [0.5, 0.6) is 0 Å². The number of amides is 1. The molecule has 0 aliphatic rings. The van der Waals surface area contributed by atoms with E-state index in [-0.39, 0.29) is 18.3 Å². The summed E-state index contributed by atoms with van der Waals surface area (Å²) < 4.78 is 0. The minimum Gasteiger partial charge on any atom is -0.354 e. The molecule has 0 fully saturated rings. The fourth-order valence-corrected chi connectivity index (χ4v) is 2.87. The molecule has 1 aromatic heterocycles. The number of carbonyl (C=O) groups excluding carboxylic acids is 1. The van der Waals surface area contributed by atoms with Crippen molar-refractivity contribution >= 4 is 41.4 Å². The maximum absolute atomic E-state index is 11.6. The molecule has 110 valence electrons. The predicted octanol–water partition coefficient (Wildman–Crippen LogP) is 1.92. The Labute approximate surface area is 129 Å². The molecule has 1 rings (SSSR count). The van der Waals surface area contributed by atoms with Crippen molar-refractivity contribution in [3.63, 3.8) is 0 Å². The van der Waals surface area contributed by atoms with Crippen LogP contribution in [0.2, 0.25) is 0 Å². The second-order valence-electron chi connectivity index (χ2n) is 4.18. The van der Waals surface area contributed by atoms with E-state index in [1.54, 1.807) is 23.1 Å². The number of nitrogens with one attached hydrogen (secondary N) is 1. The third-order valence-electron chi connectivity index (χ3n) is 2.68. The van der Waals surface area contributed by atoms with E-state index in [9.17, 15) is 4.79 Å². The van der Waals surface area contributed by atoms with Crippen molar-refractivity contribution in [2.75, 3.05) is 18.6 Å². The SMILES string of the molecule is CSCC[C@H](N)C(=O)NCCc1nc(C)c(C)s1.Cl. The second-order valence-corrected chi connectivity index (χ2v) is 6.45. The molecule has 0 unspecified atom stereocenters. The fraction of sp³-hybridized carbons (Fsp3) is 0.667. The first-order valence-corrected chi connectivity index (χ1v) is 8.20. The maximum Gasteiger partial charge on any atom is 0.236 e. The van der Waals surface area contributed by atoms with E-state index in [1.165, 1.54) is 4.88 Å². The van der Waals surface area contributed by atoms with Gasteiger partial charge in [0.05, 0.1) is 16.7 Å². The van der Waals surface area contributed by atoms with Gasteiger partial charge in [-0.25, -0.2) is 4.98 Å². The van der Waals surface area contributed by atoms with E-state index < -0.39 is 6.04 Å². The van der Waals surface area contributed by atoms with E-state index in [0.717, 1.165) is 29.3 Å². The van der Waals surface area contributed by atoms with Gasteiger partial charge in [0.25, 0.3) is 0 Å². The summed E-state index contributed by atoms with van der Waals surface area (Å²) in [7, 11) is 0. The lowest BCUT2D eigenvalue weighted by Crippen LogP contribution is -2.41. The molecule has 1 amide bonds. The lowest BCUT2D eigenvalue weighted by atomic mass is 10.2. The van der Waals surface area contributed by atoms with Gasteiger partial charge < -0.3 is 11.1 Å². The summed E-state index contributed by atoms with van der Waals surface area (Å²) in [5.74, 6) is 0.855. The van der Waals surface area contributed by atoms with E-state index in [4.69, 9.17) is 5.73 Å². The number of aryl methyl sites for hydroxylation is 2. The van der Waals surface area contributed by atoms with Crippen LogP contribution in [0, 0.1) is 13.8 Å². The Morgan fingerprint density at radius 2 is 2.21 bits per heavy atom. The zero-order chi connectivity index (χ0) is 13.5. The van der Waals surface area contributed by atoms with E-state index in [1.807, 2.05) is 13.2 Å². The van der Waals surface area contributed by atoms with E-state index in [2.05, 4.69) is 17.2 Å². The van der Waals surface area contributed by atoms with Gasteiger partial charge in [0.1, 0.15) is 0 Å². The Hall–Kier alpha value is -0.300. The highest BCUT2D eigenvalue weighted by molar-refractivity contribution is 7.98. The lowest BCUT2D eigenvalue weighted by Gasteiger charge is -2.10. The minimum atomic E-state index is -0.391. The van der Waals surface area contributed by atoms with Crippen LogP contribution < -0.4 is 11.1 Å². The molecule has 19 heavy (non-hydrogen) atoms. The number of nitrogens with zero attached hydrogens (tertiary/aromatic N) is 1. The smallest absolute Gasteiger partial charge is 0.236 e. The molecule has 4 nitrogen and oxygen atoms in total. The number of hydrogen-bond donors (Lipinski definition) is 2. The van der Waals surface area contributed by atoms with Crippen LogP contribution in [-0.4, -0.2) is 35.5 Å². The average molecular weight is 324 g/mol. The number of carbonyl (C=O) groups is 1. The number of thiazole rings is 1. The summed E-state index contributed by atoms with van der Waals surface area (Å²) in [5.41, 5.74) is 6.85. The van der Waals surface area contributed by atoms with Crippen LogP contribution in [0.15, 0.2) is 0 Å². The Bertz CT molecular complexity index is 379. The van der Waals surface area contributed by atoms with Gasteiger partial charge in [-0.05, 0) is 32.3 Å². The van der Waals surface area contributed by atoms with Crippen LogP contribution in [0.25, 0.3) is 0 Å². The Morgan fingerprint density at radius 1 is 1.53 bits per heavy atom. The summed E-state index contributed by atoms with van der Waals surface area (Å²) >= 11 is 3.40. The third-order valence-corrected chi connectivity index (χ3v) is 4.46. The fourth-order valence-electron chi connectivity index (χ4n) is 1.45. The molecule has 0 radical (unpaired) electrons. The normalized spacial score (nSPS) is 11.8. The summed E-state index contributed by atoms with van der Waals surface area (Å²) in [5, 5.41) is 3.93. The maximum atomic E-state index is 11.6. The van der Waals surface area contributed by atoms with Crippen molar-refractivity contribution in [1.82, 2.24) is 10.3 Å². The van der Waals surface area contributed by atoms with Gasteiger partial charge in [0, 0.05) is 17.8 Å². The average Bonchev–Trinajstić information content (AvgIpc) is 2.65. The number of thioether (sulfide) groups is 1. The Balaban J connectivity index is 0.00000324. The standard InChI is InChI=1S/C12H21N3OS2.ClH/c1-8-9(2)18-11(15-8)4-6-14-12(16)10(13)5-7-17-3;/h10H,4-7,13H2,1-3H3,(H,14,16);1H/t10-;/m0./s1. The van der Waals surface area contributed by atoms with Crippen molar-refractivity contribution in [1.29, 1.82) is 0 Å². The molecule has 3 N–H and O–H groups in total. The first-order chi connectivity index (χ1) is 8.54. The van der Waals surface area contributed by atoms with Crippen molar-refractivity contribution in [3.05, 3.63) is 15.6 Å². The number of rotatable bonds is 7. The monoisotopic (exact) mass is 323 g/mol. The topological polar surface area (TPSA) is 68.0 Å². The van der Waals surface area contributed by atoms with Gasteiger partial charge in [-0.1, -0.05) is 0 Å². The second kappa shape index (κ2) is 9.58. The van der Waals surface area contributed by atoms with E-state index >= 15 is 0 Å². The number of nitrogens with two attached hydrogens (primary N) is 1. The molecule has 0 spiro atoms. The van der Waals surface area contributed by atoms with Gasteiger partial charge in [-0.2, -0.15) is 11.8 Å². The minimum absolute atomic E-state index is 0. The van der Waals surface area contributed by atoms with Crippen LogP contribution >= 0.6 is 35.5 Å². The van der Waals surface area contributed by atoms with Gasteiger partial charge in [-0.15, -0.1) is 23.7 Å². The molecular formula is C12H22ClN3OS2. The van der Waals surface area contributed by atoms with Crippen molar-refractivity contribution < 1.29 is 4.79 Å². The zero-order valence-electron chi connectivity index (χ0n) is 11.6. The largest absolute Gasteiger partial charge is 0.354 e. The molecule has 1 aromatic rings. The first-order valence-electron chi connectivity index (χ1n) is 5.99. The highest BCUT2D eigenvalue weighted by Gasteiger charge is 2.12. The van der Waals surface area contributed by atoms with Crippen LogP contribution in [0.1, 0.15) is 22.0 Å². The molecule has 0 saturated heterocycles. The molecule has 0 aromatic carbocycles. The van der Waals surface area contributed by atoms with Gasteiger partial charge in [0.2, 0.25) is 5.91 Å². The third kappa shape index (κ3) is 6.61. The summed E-state index contributed by atoms with van der Waals surface area (Å²) in [6, 6.07) is -0.391. The van der Waals surface area contributed by atoms with Crippen LogP contribution in [0.4, 0.5) is 0 Å². The highest BCUT2D eigenvalue weighted by Crippen LogP contribution is 2.16. The van der Waals surface area contributed by atoms with Gasteiger partial charge in [-0.3, -0.25) is 4.79 Å². The van der Waals surface area contributed by atoms with Crippen molar-refractivity contribution in [2.45, 2.75) is 32.7 Å². The molecule has 7 heteroatoms. The zero-order valence-corrected chi connectivity index (χ0v) is 14.0. The quantitative estimate of drug-likeness (QED) is 0.804. The Kier molecular flexibility index (Phi) is 9.43. The summed E-state index contributed by atoms with van der Waals surface area (Å²) in [4.78, 5) is 17.3. The highest BCUT2D eigenvalue weighted by atomic mass is 35.5. The molecular weight excluding hydrogens is 302 g/mol. The van der Waals surface area contributed by atoms with E-state index in [0.29, 0.717) is 6.54 Å². The first kappa shape index (κ1) is 18.7. The summed E-state index contributed by atoms with van der Waals surface area (Å²) in [6.07, 6.45) is 3.51.